The van der Waals surface area contributed by atoms with Gasteiger partial charge in [-0.1, -0.05) is 23.2 Å². The molecule has 122 valence electrons. The number of thiol groups is 1. The maximum atomic E-state index is 14.5. The fourth-order valence-corrected chi connectivity index (χ4v) is 2.62. The van der Waals surface area contributed by atoms with Crippen molar-refractivity contribution in [2.45, 2.75) is 5.75 Å². The first kappa shape index (κ1) is 17.8. The smallest absolute Gasteiger partial charge is 0.358 e. The Morgan fingerprint density at radius 2 is 2.00 bits per heavy atom. The summed E-state index contributed by atoms with van der Waals surface area (Å²) in [5, 5.41) is 0.113. The molecule has 0 saturated heterocycles. The van der Waals surface area contributed by atoms with Crippen molar-refractivity contribution < 1.29 is 18.7 Å². The Balaban J connectivity index is 2.72. The maximum Gasteiger partial charge on any atom is 0.358 e. The van der Waals surface area contributed by atoms with Gasteiger partial charge in [0.05, 0.1) is 35.5 Å². The molecule has 0 aliphatic carbocycles. The molecule has 0 unspecified atom stereocenters. The van der Waals surface area contributed by atoms with E-state index in [-0.39, 0.29) is 44.3 Å². The van der Waals surface area contributed by atoms with Gasteiger partial charge in [0.25, 0.3) is 0 Å². The monoisotopic (exact) mass is 376 g/mol. The average molecular weight is 377 g/mol. The fraction of sp³-hybridized carbons (Fsp3) is 0.214. The van der Waals surface area contributed by atoms with Crippen molar-refractivity contribution in [3.05, 3.63) is 39.4 Å². The van der Waals surface area contributed by atoms with Crippen LogP contribution >= 0.6 is 35.8 Å². The van der Waals surface area contributed by atoms with Crippen molar-refractivity contribution in [1.29, 1.82) is 0 Å². The molecule has 0 bridgehead atoms. The SMILES string of the molecule is COC(=O)c1nc(-c2ccc(Cl)c(OC)c2F)nc(CS)c1Cl. The summed E-state index contributed by atoms with van der Waals surface area (Å²) in [6, 6.07) is 2.82. The van der Waals surface area contributed by atoms with E-state index in [4.69, 9.17) is 27.9 Å². The molecule has 1 aromatic heterocycles. The lowest BCUT2D eigenvalue weighted by molar-refractivity contribution is 0.0594. The van der Waals surface area contributed by atoms with Crippen LogP contribution in [0, 0.1) is 5.82 Å². The molecule has 0 spiro atoms. The van der Waals surface area contributed by atoms with E-state index >= 15 is 0 Å². The van der Waals surface area contributed by atoms with Crippen LogP contribution in [0.5, 0.6) is 5.75 Å². The molecule has 0 amide bonds. The molecule has 0 atom stereocenters. The van der Waals surface area contributed by atoms with Gasteiger partial charge in [-0.2, -0.15) is 12.6 Å². The number of carbonyl (C=O) groups is 1. The molecule has 9 heteroatoms. The van der Waals surface area contributed by atoms with Gasteiger partial charge in [0.1, 0.15) is 0 Å². The number of halogens is 3. The van der Waals surface area contributed by atoms with E-state index in [1.165, 1.54) is 26.4 Å². The van der Waals surface area contributed by atoms with Crippen LogP contribution in [0.2, 0.25) is 10.0 Å². The third-order valence-electron chi connectivity index (χ3n) is 2.94. The topological polar surface area (TPSA) is 61.3 Å². The van der Waals surface area contributed by atoms with Crippen LogP contribution < -0.4 is 4.74 Å². The van der Waals surface area contributed by atoms with Gasteiger partial charge < -0.3 is 9.47 Å². The number of methoxy groups -OCH3 is 2. The van der Waals surface area contributed by atoms with Gasteiger partial charge in [-0.05, 0) is 12.1 Å². The summed E-state index contributed by atoms with van der Waals surface area (Å²) in [7, 11) is 2.47. The van der Waals surface area contributed by atoms with E-state index in [1.807, 2.05) is 0 Å². The average Bonchev–Trinajstić information content (AvgIpc) is 2.55. The summed E-state index contributed by atoms with van der Waals surface area (Å²) in [6.07, 6.45) is 0. The molecule has 1 heterocycles. The number of ether oxygens (including phenoxy) is 2. The van der Waals surface area contributed by atoms with Crippen LogP contribution in [0.15, 0.2) is 12.1 Å². The van der Waals surface area contributed by atoms with Crippen LogP contribution in [0.3, 0.4) is 0 Å². The van der Waals surface area contributed by atoms with E-state index in [0.29, 0.717) is 0 Å². The van der Waals surface area contributed by atoms with Crippen molar-refractivity contribution >= 4 is 41.8 Å². The molecule has 0 aliphatic heterocycles. The summed E-state index contributed by atoms with van der Waals surface area (Å²) in [4.78, 5) is 19.9. The van der Waals surface area contributed by atoms with Crippen molar-refractivity contribution in [2.75, 3.05) is 14.2 Å². The first-order valence-electron chi connectivity index (χ1n) is 6.22. The highest BCUT2D eigenvalue weighted by atomic mass is 35.5. The normalized spacial score (nSPS) is 10.5. The van der Waals surface area contributed by atoms with Crippen molar-refractivity contribution in [3.63, 3.8) is 0 Å². The highest BCUT2D eigenvalue weighted by Crippen LogP contribution is 2.34. The van der Waals surface area contributed by atoms with Crippen LogP contribution in [-0.2, 0) is 10.5 Å². The molecular formula is C14H11Cl2FN2O3S. The first-order valence-corrected chi connectivity index (χ1v) is 7.61. The molecular weight excluding hydrogens is 366 g/mol. The Morgan fingerprint density at radius 3 is 2.57 bits per heavy atom. The Hall–Kier alpha value is -1.57. The zero-order chi connectivity index (χ0) is 17.1. The van der Waals surface area contributed by atoms with Crippen molar-refractivity contribution in [3.8, 4) is 17.1 Å². The van der Waals surface area contributed by atoms with Gasteiger partial charge in [0.2, 0.25) is 0 Å². The molecule has 0 aliphatic rings. The Bertz CT molecular complexity index is 774. The predicted octanol–water partition coefficient (Wildman–Crippen LogP) is 3.81. The Labute approximate surface area is 147 Å². The van der Waals surface area contributed by atoms with Crippen LogP contribution in [0.1, 0.15) is 16.2 Å². The quantitative estimate of drug-likeness (QED) is 0.649. The standard InChI is InChI=1S/C14H11Cl2FN2O3S/c1-21-12-7(15)4-3-6(10(12)17)13-18-8(5-23)9(16)11(19-13)14(20)22-2/h3-4,23H,5H2,1-2H3. The van der Waals surface area contributed by atoms with Crippen molar-refractivity contribution in [1.82, 2.24) is 9.97 Å². The predicted molar refractivity (Wildman–Crippen MR) is 88.0 cm³/mol. The lowest BCUT2D eigenvalue weighted by Crippen LogP contribution is -2.10. The molecule has 0 fully saturated rings. The number of hydrogen-bond donors (Lipinski definition) is 1. The molecule has 0 radical (unpaired) electrons. The highest BCUT2D eigenvalue weighted by molar-refractivity contribution is 7.79. The third kappa shape index (κ3) is 3.36. The zero-order valence-corrected chi connectivity index (χ0v) is 14.5. The van der Waals surface area contributed by atoms with Gasteiger partial charge >= 0.3 is 5.97 Å². The minimum atomic E-state index is -0.761. The molecule has 0 saturated carbocycles. The number of aromatic nitrogens is 2. The van der Waals surface area contributed by atoms with Crippen LogP contribution in [0.4, 0.5) is 4.39 Å². The van der Waals surface area contributed by atoms with Crippen molar-refractivity contribution in [2.24, 2.45) is 0 Å². The minimum Gasteiger partial charge on any atom is -0.492 e. The lowest BCUT2D eigenvalue weighted by atomic mass is 10.1. The van der Waals surface area contributed by atoms with Crippen LogP contribution in [-0.4, -0.2) is 30.2 Å². The molecule has 2 rings (SSSR count). The Morgan fingerprint density at radius 1 is 1.30 bits per heavy atom. The number of esters is 1. The minimum absolute atomic E-state index is 0.0103. The highest BCUT2D eigenvalue weighted by Gasteiger charge is 2.22. The molecule has 2 aromatic rings. The number of hydrogen-bond acceptors (Lipinski definition) is 6. The van der Waals surface area contributed by atoms with E-state index in [2.05, 4.69) is 27.3 Å². The van der Waals surface area contributed by atoms with Gasteiger partial charge in [-0.15, -0.1) is 0 Å². The molecule has 5 nitrogen and oxygen atoms in total. The Kier molecular flexibility index (Phi) is 5.67. The second-order valence-electron chi connectivity index (χ2n) is 4.25. The zero-order valence-electron chi connectivity index (χ0n) is 12.1. The van der Waals surface area contributed by atoms with Gasteiger partial charge in [-0.3, -0.25) is 0 Å². The summed E-state index contributed by atoms with van der Waals surface area (Å²) in [6.45, 7) is 0. The molecule has 23 heavy (non-hydrogen) atoms. The first-order chi connectivity index (χ1) is 10.9. The third-order valence-corrected chi connectivity index (χ3v) is 3.94. The molecule has 1 aromatic carbocycles. The van der Waals surface area contributed by atoms with Gasteiger partial charge in [0, 0.05) is 5.75 Å². The van der Waals surface area contributed by atoms with Gasteiger partial charge in [-0.25, -0.2) is 19.2 Å². The number of nitrogens with zero attached hydrogens (tertiary/aromatic N) is 2. The number of benzene rings is 1. The number of rotatable bonds is 4. The summed E-state index contributed by atoms with van der Waals surface area (Å²) in [5.74, 6) is -1.57. The summed E-state index contributed by atoms with van der Waals surface area (Å²) >= 11 is 16.0. The van der Waals surface area contributed by atoms with E-state index in [1.54, 1.807) is 0 Å². The fourth-order valence-electron chi connectivity index (χ4n) is 1.84. The second-order valence-corrected chi connectivity index (χ2v) is 5.35. The van der Waals surface area contributed by atoms with E-state index < -0.39 is 11.8 Å². The number of carbonyl (C=O) groups excluding carboxylic acids is 1. The summed E-state index contributed by atoms with van der Waals surface area (Å²) < 4.78 is 24.1. The lowest BCUT2D eigenvalue weighted by Gasteiger charge is -2.11. The molecule has 0 N–H and O–H groups in total. The summed E-state index contributed by atoms with van der Waals surface area (Å²) in [5.41, 5.74) is 0.112. The van der Waals surface area contributed by atoms with E-state index in [9.17, 15) is 9.18 Å². The van der Waals surface area contributed by atoms with Gasteiger partial charge in [0.15, 0.2) is 23.1 Å². The largest absolute Gasteiger partial charge is 0.492 e. The second kappa shape index (κ2) is 7.33. The van der Waals surface area contributed by atoms with Crippen LogP contribution in [0.25, 0.3) is 11.4 Å². The van der Waals surface area contributed by atoms with E-state index in [0.717, 1.165) is 0 Å². The maximum absolute atomic E-state index is 14.5.